The lowest BCUT2D eigenvalue weighted by atomic mass is 10.1. The highest BCUT2D eigenvalue weighted by molar-refractivity contribution is 5.92. The number of benzene rings is 2. The molecule has 130 valence electrons. The lowest BCUT2D eigenvalue weighted by Crippen LogP contribution is -2.20. The fourth-order valence-electron chi connectivity index (χ4n) is 2.98. The SMILES string of the molecule is CCOc1cc(C=O)ccc1OCC(=O)Nc1ccc2c(c1)CCC2. The van der Waals surface area contributed by atoms with Crippen molar-refractivity contribution in [1.29, 1.82) is 0 Å². The van der Waals surface area contributed by atoms with E-state index in [-0.39, 0.29) is 12.5 Å². The Morgan fingerprint density at radius 3 is 2.72 bits per heavy atom. The molecule has 0 saturated heterocycles. The highest BCUT2D eigenvalue weighted by Gasteiger charge is 2.13. The molecule has 0 fully saturated rings. The van der Waals surface area contributed by atoms with Crippen molar-refractivity contribution >= 4 is 17.9 Å². The number of aldehydes is 1. The molecule has 0 radical (unpaired) electrons. The van der Waals surface area contributed by atoms with Crippen LogP contribution in [0.25, 0.3) is 0 Å². The van der Waals surface area contributed by atoms with E-state index in [4.69, 9.17) is 9.47 Å². The number of nitrogens with one attached hydrogen (secondary N) is 1. The van der Waals surface area contributed by atoms with Gasteiger partial charge in [-0.05, 0) is 67.6 Å². The number of fused-ring (bicyclic) bond motifs is 1. The number of ether oxygens (including phenoxy) is 2. The predicted molar refractivity (Wildman–Crippen MR) is 95.6 cm³/mol. The third-order valence-corrected chi connectivity index (χ3v) is 4.14. The molecule has 0 saturated carbocycles. The van der Waals surface area contributed by atoms with Gasteiger partial charge in [0, 0.05) is 11.3 Å². The highest BCUT2D eigenvalue weighted by Crippen LogP contribution is 2.28. The van der Waals surface area contributed by atoms with E-state index < -0.39 is 0 Å². The summed E-state index contributed by atoms with van der Waals surface area (Å²) >= 11 is 0. The summed E-state index contributed by atoms with van der Waals surface area (Å²) in [5.41, 5.74) is 3.96. The van der Waals surface area contributed by atoms with Gasteiger partial charge in [-0.1, -0.05) is 6.07 Å². The number of rotatable bonds is 7. The molecule has 0 bridgehead atoms. The minimum atomic E-state index is -0.236. The van der Waals surface area contributed by atoms with Crippen LogP contribution in [0.1, 0.15) is 34.8 Å². The van der Waals surface area contributed by atoms with Gasteiger partial charge in [0.15, 0.2) is 18.1 Å². The second kappa shape index (κ2) is 7.83. The lowest BCUT2D eigenvalue weighted by Gasteiger charge is -2.12. The van der Waals surface area contributed by atoms with E-state index in [1.54, 1.807) is 18.2 Å². The molecular formula is C20H21NO4. The van der Waals surface area contributed by atoms with E-state index in [1.165, 1.54) is 17.5 Å². The lowest BCUT2D eigenvalue weighted by molar-refractivity contribution is -0.118. The molecule has 0 aromatic heterocycles. The zero-order valence-electron chi connectivity index (χ0n) is 14.2. The molecule has 0 heterocycles. The van der Waals surface area contributed by atoms with Crippen LogP contribution in [-0.2, 0) is 17.6 Å². The quantitative estimate of drug-likeness (QED) is 0.785. The fraction of sp³-hybridized carbons (Fsp3) is 0.300. The fourth-order valence-corrected chi connectivity index (χ4v) is 2.98. The van der Waals surface area contributed by atoms with Gasteiger partial charge in [-0.25, -0.2) is 0 Å². The molecule has 1 aliphatic rings. The van der Waals surface area contributed by atoms with Gasteiger partial charge in [0.1, 0.15) is 6.29 Å². The first-order valence-corrected chi connectivity index (χ1v) is 8.46. The maximum atomic E-state index is 12.1. The Hall–Kier alpha value is -2.82. The maximum Gasteiger partial charge on any atom is 0.262 e. The summed E-state index contributed by atoms with van der Waals surface area (Å²) in [5.74, 6) is 0.661. The van der Waals surface area contributed by atoms with Gasteiger partial charge in [0.05, 0.1) is 6.61 Å². The first-order chi connectivity index (χ1) is 12.2. The Labute approximate surface area is 147 Å². The van der Waals surface area contributed by atoms with Crippen LogP contribution in [0.2, 0.25) is 0 Å². The van der Waals surface area contributed by atoms with E-state index in [9.17, 15) is 9.59 Å². The molecule has 0 spiro atoms. The molecule has 0 aliphatic heterocycles. The van der Waals surface area contributed by atoms with Crippen LogP contribution in [0, 0.1) is 0 Å². The van der Waals surface area contributed by atoms with Crippen LogP contribution in [-0.4, -0.2) is 25.4 Å². The van der Waals surface area contributed by atoms with Crippen LogP contribution in [0.3, 0.4) is 0 Å². The first-order valence-electron chi connectivity index (χ1n) is 8.46. The third-order valence-electron chi connectivity index (χ3n) is 4.14. The van der Waals surface area contributed by atoms with Crippen molar-refractivity contribution in [3.63, 3.8) is 0 Å². The number of hydrogen-bond donors (Lipinski definition) is 1. The molecule has 1 aliphatic carbocycles. The number of aryl methyl sites for hydroxylation is 2. The normalized spacial score (nSPS) is 12.4. The van der Waals surface area contributed by atoms with Crippen LogP contribution in [0.5, 0.6) is 11.5 Å². The zero-order chi connectivity index (χ0) is 17.6. The van der Waals surface area contributed by atoms with Crippen molar-refractivity contribution in [1.82, 2.24) is 0 Å². The summed E-state index contributed by atoms with van der Waals surface area (Å²) in [7, 11) is 0. The van der Waals surface area contributed by atoms with Crippen molar-refractivity contribution in [3.8, 4) is 11.5 Å². The van der Waals surface area contributed by atoms with Gasteiger partial charge in [-0.15, -0.1) is 0 Å². The van der Waals surface area contributed by atoms with Crippen molar-refractivity contribution in [2.75, 3.05) is 18.5 Å². The average molecular weight is 339 g/mol. The predicted octanol–water partition coefficient (Wildman–Crippen LogP) is 3.40. The Bertz CT molecular complexity index is 785. The Morgan fingerprint density at radius 1 is 1.08 bits per heavy atom. The molecule has 1 amide bonds. The summed E-state index contributed by atoms with van der Waals surface area (Å²) < 4.78 is 11.0. The third kappa shape index (κ3) is 4.18. The Morgan fingerprint density at radius 2 is 1.92 bits per heavy atom. The van der Waals surface area contributed by atoms with E-state index in [0.29, 0.717) is 23.7 Å². The van der Waals surface area contributed by atoms with Crippen LogP contribution < -0.4 is 14.8 Å². The van der Waals surface area contributed by atoms with E-state index in [1.807, 2.05) is 19.1 Å². The molecular weight excluding hydrogens is 318 g/mol. The molecule has 0 atom stereocenters. The number of carbonyl (C=O) groups is 2. The van der Waals surface area contributed by atoms with Gasteiger partial charge < -0.3 is 14.8 Å². The van der Waals surface area contributed by atoms with Crippen LogP contribution in [0.15, 0.2) is 36.4 Å². The van der Waals surface area contributed by atoms with Gasteiger partial charge in [0.2, 0.25) is 0 Å². The molecule has 5 heteroatoms. The standard InChI is InChI=1S/C20H21NO4/c1-2-24-19-10-14(12-22)6-9-18(19)25-13-20(23)21-17-8-7-15-4-3-5-16(15)11-17/h6-12H,2-5,13H2,1H3,(H,21,23). The Kier molecular flexibility index (Phi) is 5.33. The van der Waals surface area contributed by atoms with E-state index >= 15 is 0 Å². The number of hydrogen-bond acceptors (Lipinski definition) is 4. The first kappa shape index (κ1) is 17.0. The summed E-state index contributed by atoms with van der Waals surface area (Å²) in [6.45, 7) is 2.16. The molecule has 0 unspecified atom stereocenters. The van der Waals surface area contributed by atoms with Gasteiger partial charge >= 0.3 is 0 Å². The monoisotopic (exact) mass is 339 g/mol. The van der Waals surface area contributed by atoms with Crippen molar-refractivity contribution in [3.05, 3.63) is 53.1 Å². The van der Waals surface area contributed by atoms with Crippen molar-refractivity contribution < 1.29 is 19.1 Å². The highest BCUT2D eigenvalue weighted by atomic mass is 16.5. The molecule has 5 nitrogen and oxygen atoms in total. The number of carbonyl (C=O) groups excluding carboxylic acids is 2. The number of amides is 1. The molecule has 25 heavy (non-hydrogen) atoms. The zero-order valence-corrected chi connectivity index (χ0v) is 14.2. The van der Waals surface area contributed by atoms with Gasteiger partial charge in [-0.2, -0.15) is 0 Å². The van der Waals surface area contributed by atoms with Crippen molar-refractivity contribution in [2.45, 2.75) is 26.2 Å². The van der Waals surface area contributed by atoms with Crippen LogP contribution in [0.4, 0.5) is 5.69 Å². The second-order valence-corrected chi connectivity index (χ2v) is 5.93. The summed E-state index contributed by atoms with van der Waals surface area (Å²) in [6.07, 6.45) is 4.10. The average Bonchev–Trinajstić information content (AvgIpc) is 3.08. The van der Waals surface area contributed by atoms with Crippen molar-refractivity contribution in [2.24, 2.45) is 0 Å². The van der Waals surface area contributed by atoms with Gasteiger partial charge in [0.25, 0.3) is 5.91 Å². The van der Waals surface area contributed by atoms with E-state index in [0.717, 1.165) is 24.8 Å². The molecule has 1 N–H and O–H groups in total. The second-order valence-electron chi connectivity index (χ2n) is 5.93. The summed E-state index contributed by atoms with van der Waals surface area (Å²) in [6, 6.07) is 10.9. The molecule has 2 aromatic rings. The minimum absolute atomic E-state index is 0.127. The largest absolute Gasteiger partial charge is 0.490 e. The molecule has 2 aromatic carbocycles. The topological polar surface area (TPSA) is 64.6 Å². The van der Waals surface area contributed by atoms with E-state index in [2.05, 4.69) is 11.4 Å². The Balaban J connectivity index is 1.61. The summed E-state index contributed by atoms with van der Waals surface area (Å²) in [4.78, 5) is 23.0. The van der Waals surface area contributed by atoms with Crippen LogP contribution >= 0.6 is 0 Å². The smallest absolute Gasteiger partial charge is 0.262 e. The maximum absolute atomic E-state index is 12.1. The minimum Gasteiger partial charge on any atom is -0.490 e. The molecule has 3 rings (SSSR count). The van der Waals surface area contributed by atoms with Gasteiger partial charge in [-0.3, -0.25) is 9.59 Å². The number of anilines is 1. The summed E-state index contributed by atoms with van der Waals surface area (Å²) in [5, 5.41) is 2.85.